The van der Waals surface area contributed by atoms with Gasteiger partial charge in [0.05, 0.1) is 30.6 Å². The van der Waals surface area contributed by atoms with Crippen LogP contribution < -0.4 is 10.1 Å². The number of nitrogens with one attached hydrogen (secondary N) is 1. The molecule has 1 atom stereocenters. The first-order valence-electron chi connectivity index (χ1n) is 12.1. The number of pyridine rings is 1. The number of amides is 1. The highest BCUT2D eigenvalue weighted by Crippen LogP contribution is 2.41. The lowest BCUT2D eigenvalue weighted by molar-refractivity contribution is -0.265. The Morgan fingerprint density at radius 1 is 1.00 bits per heavy atom. The van der Waals surface area contributed by atoms with Crippen LogP contribution in [0.5, 0.6) is 5.75 Å². The molecule has 0 aliphatic rings. The number of fused-ring (bicyclic) bond motifs is 1. The third kappa shape index (κ3) is 5.81. The van der Waals surface area contributed by atoms with Crippen molar-refractivity contribution in [2.75, 3.05) is 13.7 Å². The number of methoxy groups -OCH3 is 1. The van der Waals surface area contributed by atoms with Crippen molar-refractivity contribution in [2.24, 2.45) is 0 Å². The second kappa shape index (κ2) is 10.6. The lowest BCUT2D eigenvalue weighted by Gasteiger charge is -2.32. The molecule has 4 rings (SSSR count). The van der Waals surface area contributed by atoms with E-state index in [0.29, 0.717) is 22.7 Å². The number of benzene rings is 2. The van der Waals surface area contributed by atoms with Crippen LogP contribution in [0.3, 0.4) is 0 Å². The highest BCUT2D eigenvalue weighted by Gasteiger charge is 2.57. The normalized spacial score (nSPS) is 13.6. The zero-order valence-electron chi connectivity index (χ0n) is 22.3. The van der Waals surface area contributed by atoms with Crippen LogP contribution in [0.25, 0.3) is 22.2 Å². The second-order valence-corrected chi connectivity index (χ2v) is 9.93. The lowest BCUT2D eigenvalue weighted by atomic mass is 9.90. The van der Waals surface area contributed by atoms with Crippen molar-refractivity contribution >= 4 is 16.8 Å². The van der Waals surface area contributed by atoms with Crippen LogP contribution in [0.1, 0.15) is 41.2 Å². The maximum atomic E-state index is 15.4. The number of aryl methyl sites for hydroxylation is 1. The Labute approximate surface area is 230 Å². The van der Waals surface area contributed by atoms with E-state index in [9.17, 15) is 32.6 Å². The Hall–Kier alpha value is -4.23. The zero-order valence-corrected chi connectivity index (χ0v) is 22.3. The molecule has 8 nitrogen and oxygen atoms in total. The molecule has 2 aromatic carbocycles. The molecule has 0 saturated carbocycles. The van der Waals surface area contributed by atoms with Crippen LogP contribution in [-0.2, 0) is 11.2 Å². The molecule has 0 aliphatic heterocycles. The van der Waals surface area contributed by atoms with Gasteiger partial charge in [-0.15, -0.1) is 5.10 Å². The van der Waals surface area contributed by atoms with Crippen LogP contribution in [0.4, 0.5) is 22.0 Å². The number of carbonyl (C=O) groups is 1. The molecule has 1 unspecified atom stereocenters. The Morgan fingerprint density at radius 2 is 1.66 bits per heavy atom. The van der Waals surface area contributed by atoms with Crippen LogP contribution in [0.2, 0.25) is 0 Å². The first-order valence-corrected chi connectivity index (χ1v) is 12.1. The van der Waals surface area contributed by atoms with E-state index in [1.165, 1.54) is 19.2 Å². The van der Waals surface area contributed by atoms with Crippen LogP contribution in [0.15, 0.2) is 48.5 Å². The lowest BCUT2D eigenvalue weighted by Crippen LogP contribution is -2.51. The Balaban J connectivity index is 1.79. The van der Waals surface area contributed by atoms with E-state index in [1.54, 1.807) is 13.0 Å². The molecule has 0 saturated heterocycles. The molecule has 1 amide bonds. The van der Waals surface area contributed by atoms with Crippen molar-refractivity contribution in [1.82, 2.24) is 20.5 Å². The summed E-state index contributed by atoms with van der Waals surface area (Å²) in [6.45, 7) is 2.51. The molecule has 216 valence electrons. The molecule has 2 heterocycles. The van der Waals surface area contributed by atoms with Gasteiger partial charge in [0.25, 0.3) is 5.91 Å². The number of hydrogen-bond acceptors (Lipinski definition) is 7. The molecule has 0 radical (unpaired) electrons. The van der Waals surface area contributed by atoms with E-state index in [-0.39, 0.29) is 16.9 Å². The summed E-state index contributed by atoms with van der Waals surface area (Å²) in [7, 11) is 1.32. The summed E-state index contributed by atoms with van der Waals surface area (Å²) in [5, 5.41) is 32.0. The number of aromatic nitrogens is 3. The van der Waals surface area contributed by atoms with Crippen LogP contribution >= 0.6 is 0 Å². The predicted octanol–water partition coefficient (Wildman–Crippen LogP) is 4.69. The minimum absolute atomic E-state index is 0.0949. The van der Waals surface area contributed by atoms with E-state index < -0.39 is 58.4 Å². The number of alkyl halides is 3. The van der Waals surface area contributed by atoms with Gasteiger partial charge in [0.2, 0.25) is 5.60 Å². The fraction of sp³-hybridized carbons (Fsp3) is 0.286. The molecule has 0 bridgehead atoms. The molecule has 3 N–H and O–H groups in total. The van der Waals surface area contributed by atoms with Gasteiger partial charge in [0, 0.05) is 22.1 Å². The smallest absolute Gasteiger partial charge is 0.424 e. The quantitative estimate of drug-likeness (QED) is 0.273. The Bertz CT molecular complexity index is 1620. The van der Waals surface area contributed by atoms with Gasteiger partial charge >= 0.3 is 6.18 Å². The number of nitrogens with zero attached hydrogens (tertiary/aromatic N) is 3. The van der Waals surface area contributed by atoms with Crippen molar-refractivity contribution in [3.63, 3.8) is 0 Å². The average Bonchev–Trinajstić information content (AvgIpc) is 2.90. The Morgan fingerprint density at radius 3 is 2.24 bits per heavy atom. The van der Waals surface area contributed by atoms with E-state index in [0.717, 1.165) is 38.1 Å². The van der Waals surface area contributed by atoms with E-state index in [4.69, 9.17) is 4.74 Å². The van der Waals surface area contributed by atoms with Gasteiger partial charge in [-0.1, -0.05) is 0 Å². The second-order valence-electron chi connectivity index (χ2n) is 9.93. The number of ether oxygens (including phenoxy) is 1. The maximum Gasteiger partial charge on any atom is 0.424 e. The summed E-state index contributed by atoms with van der Waals surface area (Å²) in [5.41, 5.74) is -7.55. The van der Waals surface area contributed by atoms with Crippen LogP contribution in [-0.4, -0.2) is 51.1 Å². The van der Waals surface area contributed by atoms with E-state index in [1.807, 2.05) is 0 Å². The molecule has 4 aromatic rings. The summed E-state index contributed by atoms with van der Waals surface area (Å²) in [5.74, 6) is -2.70. The summed E-state index contributed by atoms with van der Waals surface area (Å²) in [6.07, 6.45) is -5.42. The van der Waals surface area contributed by atoms with Crippen molar-refractivity contribution in [3.05, 3.63) is 82.7 Å². The van der Waals surface area contributed by atoms with Gasteiger partial charge in [0.1, 0.15) is 22.8 Å². The fourth-order valence-corrected chi connectivity index (χ4v) is 4.15. The van der Waals surface area contributed by atoms with Crippen molar-refractivity contribution in [2.45, 2.75) is 38.1 Å². The topological polar surface area (TPSA) is 117 Å². The molecule has 0 aliphatic carbocycles. The first-order chi connectivity index (χ1) is 19.0. The van der Waals surface area contributed by atoms with E-state index >= 15 is 4.39 Å². The molecular formula is C28H25F5N4O4. The predicted molar refractivity (Wildman–Crippen MR) is 138 cm³/mol. The monoisotopic (exact) mass is 576 g/mol. The summed E-state index contributed by atoms with van der Waals surface area (Å²) in [6, 6.07) is 8.90. The summed E-state index contributed by atoms with van der Waals surface area (Å²) >= 11 is 0. The van der Waals surface area contributed by atoms with Gasteiger partial charge in [-0.25, -0.2) is 13.8 Å². The molecule has 13 heteroatoms. The molecule has 2 aromatic heterocycles. The number of carbonyl (C=O) groups excluding carboxylic acids is 1. The highest BCUT2D eigenvalue weighted by atomic mass is 19.4. The van der Waals surface area contributed by atoms with Crippen LogP contribution in [0, 0.1) is 18.6 Å². The van der Waals surface area contributed by atoms with Gasteiger partial charge in [-0.05, 0) is 69.3 Å². The molecule has 0 fully saturated rings. The SMILES string of the molecule is COc1cc(C(=O)NCC(O)(c2cc(C(C)(C)O)c(F)c(-c3ccc(F)cc3)n2)C(F)(F)F)cc2cc(C)nnc12. The first kappa shape index (κ1) is 29.7. The van der Waals surface area contributed by atoms with E-state index in [2.05, 4.69) is 20.5 Å². The average molecular weight is 577 g/mol. The molecule has 0 spiro atoms. The van der Waals surface area contributed by atoms with Gasteiger partial charge in [-0.3, -0.25) is 4.79 Å². The van der Waals surface area contributed by atoms with Gasteiger partial charge in [0.15, 0.2) is 5.82 Å². The van der Waals surface area contributed by atoms with Crippen molar-refractivity contribution in [3.8, 4) is 17.0 Å². The number of aliphatic hydroxyl groups is 2. The zero-order chi connectivity index (χ0) is 30.3. The standard InChI is InChI=1S/C28H25F5N4O4/c1-14-9-16-10-17(11-20(41-4)23(16)37-36-14)25(38)34-13-27(40,28(31,32)33)21-12-19(26(2,3)39)22(30)24(35-21)15-5-7-18(29)8-6-15/h5-12,39-40H,13H2,1-4H3,(H,34,38). The number of rotatable bonds is 7. The van der Waals surface area contributed by atoms with Crippen molar-refractivity contribution in [1.29, 1.82) is 0 Å². The summed E-state index contributed by atoms with van der Waals surface area (Å²) in [4.78, 5) is 16.8. The fourth-order valence-electron chi connectivity index (χ4n) is 4.15. The highest BCUT2D eigenvalue weighted by molar-refractivity contribution is 5.99. The molecule has 41 heavy (non-hydrogen) atoms. The van der Waals surface area contributed by atoms with Gasteiger partial charge < -0.3 is 20.3 Å². The summed E-state index contributed by atoms with van der Waals surface area (Å²) < 4.78 is 77.5. The minimum Gasteiger partial charge on any atom is -0.494 e. The Kier molecular flexibility index (Phi) is 7.71. The largest absolute Gasteiger partial charge is 0.494 e. The van der Waals surface area contributed by atoms with Crippen molar-refractivity contribution < 1.29 is 41.7 Å². The molecular weight excluding hydrogens is 551 g/mol. The third-order valence-corrected chi connectivity index (χ3v) is 6.39. The number of hydrogen-bond donors (Lipinski definition) is 3. The third-order valence-electron chi connectivity index (χ3n) is 6.39. The van der Waals surface area contributed by atoms with Gasteiger partial charge in [-0.2, -0.15) is 18.3 Å². The number of halogens is 5. The minimum atomic E-state index is -5.42. The maximum absolute atomic E-state index is 15.4.